The molecule has 2 heterocycles. The Morgan fingerprint density at radius 1 is 1.17 bits per heavy atom. The van der Waals surface area contributed by atoms with Gasteiger partial charge in [-0.15, -0.1) is 0 Å². The molecular weight excluding hydrogens is 470 g/mol. The maximum Gasteiger partial charge on any atom is 0.293 e. The molecule has 10 heteroatoms. The fraction of sp³-hybridized carbons (Fsp3) is 0.200. The molecule has 5 rings (SSSR count). The van der Waals surface area contributed by atoms with Crippen molar-refractivity contribution in [1.29, 1.82) is 0 Å². The van der Waals surface area contributed by atoms with Crippen LogP contribution in [0.3, 0.4) is 0 Å². The number of anilines is 2. The van der Waals surface area contributed by atoms with Crippen LogP contribution in [0.25, 0.3) is 22.6 Å². The minimum Gasteiger partial charge on any atom is -0.436 e. The first-order valence-corrected chi connectivity index (χ1v) is 11.5. The van der Waals surface area contributed by atoms with Crippen LogP contribution in [0, 0.1) is 17.0 Å². The molecule has 1 aliphatic rings. The van der Waals surface area contributed by atoms with Crippen molar-refractivity contribution in [3.05, 3.63) is 80.9 Å². The molecule has 1 aliphatic heterocycles. The highest BCUT2D eigenvalue weighted by Gasteiger charge is 2.26. The number of benzene rings is 3. The Labute approximate surface area is 205 Å². The third-order valence-electron chi connectivity index (χ3n) is 5.99. The van der Waals surface area contributed by atoms with Gasteiger partial charge in [0.25, 0.3) is 11.6 Å². The van der Waals surface area contributed by atoms with Gasteiger partial charge in [0.05, 0.1) is 15.5 Å². The smallest absolute Gasteiger partial charge is 0.293 e. The number of nitrogens with zero attached hydrogens (tertiary/aromatic N) is 3. The van der Waals surface area contributed by atoms with Crippen LogP contribution in [0.1, 0.15) is 15.9 Å². The van der Waals surface area contributed by atoms with E-state index < -0.39 is 10.8 Å². The number of amides is 1. The number of rotatable bonds is 5. The van der Waals surface area contributed by atoms with E-state index in [2.05, 4.69) is 15.6 Å². The van der Waals surface area contributed by atoms with Gasteiger partial charge in [0.15, 0.2) is 5.58 Å². The number of nitro groups is 1. The number of aryl methyl sites for hydroxylation is 1. The molecule has 0 radical (unpaired) electrons. The largest absolute Gasteiger partial charge is 0.436 e. The molecule has 0 unspecified atom stereocenters. The zero-order valence-electron chi connectivity index (χ0n) is 18.9. The first-order chi connectivity index (χ1) is 16.9. The number of nitrogens with one attached hydrogen (secondary N) is 2. The third-order valence-corrected chi connectivity index (χ3v) is 6.30. The molecule has 0 atom stereocenters. The fourth-order valence-corrected chi connectivity index (χ4v) is 4.35. The SMILES string of the molecule is Cc1ccc(-c2nc3ccccc3o2)cc1NC(=O)c1cc([N+](=O)[O-])c(N2CCNCC2)cc1Cl. The number of fused-ring (bicyclic) bond motifs is 1. The summed E-state index contributed by atoms with van der Waals surface area (Å²) in [7, 11) is 0. The Balaban J connectivity index is 1.45. The molecule has 0 saturated carbocycles. The maximum absolute atomic E-state index is 13.2. The van der Waals surface area contributed by atoms with Crippen LogP contribution in [-0.4, -0.2) is 42.0 Å². The van der Waals surface area contributed by atoms with Crippen molar-refractivity contribution in [2.45, 2.75) is 6.92 Å². The standard InChI is InChI=1S/C25H22ClN5O4/c1-15-6-7-16(25-29-19-4-2-3-5-23(19)35-25)12-20(15)28-24(32)17-13-22(31(33)34)21(14-18(17)26)30-10-8-27-9-11-30/h2-7,12-14,27H,8-11H2,1H3,(H,28,32). The van der Waals surface area contributed by atoms with Crippen molar-refractivity contribution in [2.24, 2.45) is 0 Å². The van der Waals surface area contributed by atoms with E-state index in [1.807, 2.05) is 48.2 Å². The molecule has 4 aromatic rings. The van der Waals surface area contributed by atoms with Crippen molar-refractivity contribution in [2.75, 3.05) is 36.4 Å². The van der Waals surface area contributed by atoms with Gasteiger partial charge < -0.3 is 20.0 Å². The lowest BCUT2D eigenvalue weighted by molar-refractivity contribution is -0.384. The molecule has 9 nitrogen and oxygen atoms in total. The molecule has 178 valence electrons. The third kappa shape index (κ3) is 4.55. The number of hydrogen-bond acceptors (Lipinski definition) is 7. The predicted octanol–water partition coefficient (Wildman–Crippen LogP) is 5.03. The van der Waals surface area contributed by atoms with E-state index in [1.54, 1.807) is 6.07 Å². The van der Waals surface area contributed by atoms with Gasteiger partial charge in [-0.05, 0) is 42.8 Å². The molecule has 1 saturated heterocycles. The second kappa shape index (κ2) is 9.36. The summed E-state index contributed by atoms with van der Waals surface area (Å²) in [6.45, 7) is 4.51. The number of hydrogen-bond donors (Lipinski definition) is 2. The number of piperazine rings is 1. The minimum absolute atomic E-state index is 0.0314. The van der Waals surface area contributed by atoms with Crippen LogP contribution in [0.15, 0.2) is 59.0 Å². The van der Waals surface area contributed by atoms with Gasteiger partial charge in [0, 0.05) is 43.5 Å². The van der Waals surface area contributed by atoms with Crippen LogP contribution in [-0.2, 0) is 0 Å². The highest BCUT2D eigenvalue weighted by molar-refractivity contribution is 6.35. The van der Waals surface area contributed by atoms with Gasteiger partial charge in [0.1, 0.15) is 11.2 Å². The molecule has 35 heavy (non-hydrogen) atoms. The lowest BCUT2D eigenvalue weighted by Gasteiger charge is -2.29. The molecule has 2 N–H and O–H groups in total. The maximum atomic E-state index is 13.2. The van der Waals surface area contributed by atoms with Crippen molar-refractivity contribution in [3.63, 3.8) is 0 Å². The Bertz CT molecular complexity index is 1410. The predicted molar refractivity (Wildman–Crippen MR) is 135 cm³/mol. The summed E-state index contributed by atoms with van der Waals surface area (Å²) >= 11 is 6.45. The summed E-state index contributed by atoms with van der Waals surface area (Å²) in [6.07, 6.45) is 0. The highest BCUT2D eigenvalue weighted by Crippen LogP contribution is 2.35. The van der Waals surface area contributed by atoms with Crippen molar-refractivity contribution in [3.8, 4) is 11.5 Å². The zero-order chi connectivity index (χ0) is 24.5. The zero-order valence-corrected chi connectivity index (χ0v) is 19.6. The van der Waals surface area contributed by atoms with E-state index in [0.717, 1.165) is 11.1 Å². The van der Waals surface area contributed by atoms with E-state index in [4.69, 9.17) is 16.0 Å². The lowest BCUT2D eigenvalue weighted by Crippen LogP contribution is -2.43. The highest BCUT2D eigenvalue weighted by atomic mass is 35.5. The minimum atomic E-state index is -0.539. The van der Waals surface area contributed by atoms with Crippen LogP contribution in [0.5, 0.6) is 0 Å². The van der Waals surface area contributed by atoms with E-state index in [9.17, 15) is 14.9 Å². The van der Waals surface area contributed by atoms with Crippen molar-refractivity contribution < 1.29 is 14.1 Å². The molecular formula is C25H22ClN5O4. The van der Waals surface area contributed by atoms with Crippen LogP contribution < -0.4 is 15.5 Å². The number of carbonyl (C=O) groups excluding carboxylic acids is 1. The molecule has 0 bridgehead atoms. The molecule has 1 aromatic heterocycles. The van der Waals surface area contributed by atoms with E-state index in [0.29, 0.717) is 54.6 Å². The summed E-state index contributed by atoms with van der Waals surface area (Å²) in [6, 6.07) is 15.7. The Morgan fingerprint density at radius 2 is 1.94 bits per heavy atom. The number of nitro benzene ring substituents is 1. The molecule has 1 amide bonds. The van der Waals surface area contributed by atoms with Crippen LogP contribution >= 0.6 is 11.6 Å². The summed E-state index contributed by atoms with van der Waals surface area (Å²) in [5, 5.41) is 18.0. The van der Waals surface area contributed by atoms with Crippen LogP contribution in [0.2, 0.25) is 5.02 Å². The molecule has 3 aromatic carbocycles. The first-order valence-electron chi connectivity index (χ1n) is 11.1. The van der Waals surface area contributed by atoms with E-state index in [1.165, 1.54) is 12.1 Å². The molecule has 0 aliphatic carbocycles. The Hall–Kier alpha value is -3.95. The number of halogens is 1. The summed E-state index contributed by atoms with van der Waals surface area (Å²) in [5.41, 5.74) is 3.71. The molecule has 0 spiro atoms. The monoisotopic (exact) mass is 491 g/mol. The second-order valence-corrected chi connectivity index (χ2v) is 8.69. The number of aromatic nitrogens is 1. The number of para-hydroxylation sites is 2. The first kappa shape index (κ1) is 22.8. The van der Waals surface area contributed by atoms with Gasteiger partial charge in [0.2, 0.25) is 5.89 Å². The quantitative estimate of drug-likeness (QED) is 0.297. The van der Waals surface area contributed by atoms with Crippen LogP contribution in [0.4, 0.5) is 17.1 Å². The summed E-state index contributed by atoms with van der Waals surface area (Å²) in [5.74, 6) is -0.112. The Kier molecular flexibility index (Phi) is 6.10. The average molecular weight is 492 g/mol. The van der Waals surface area contributed by atoms with Crippen molar-refractivity contribution in [1.82, 2.24) is 10.3 Å². The summed E-state index contributed by atoms with van der Waals surface area (Å²) < 4.78 is 5.84. The van der Waals surface area contributed by atoms with Gasteiger partial charge in [-0.1, -0.05) is 29.8 Å². The van der Waals surface area contributed by atoms with Crippen molar-refractivity contribution >= 4 is 45.7 Å². The second-order valence-electron chi connectivity index (χ2n) is 8.29. The lowest BCUT2D eigenvalue weighted by atomic mass is 10.1. The normalized spacial score (nSPS) is 13.7. The fourth-order valence-electron chi connectivity index (χ4n) is 4.11. The summed E-state index contributed by atoms with van der Waals surface area (Å²) in [4.78, 5) is 30.9. The van der Waals surface area contributed by atoms with Gasteiger partial charge in [-0.2, -0.15) is 0 Å². The molecule has 1 fully saturated rings. The average Bonchev–Trinajstić information content (AvgIpc) is 3.30. The topological polar surface area (TPSA) is 114 Å². The Morgan fingerprint density at radius 3 is 2.69 bits per heavy atom. The van der Waals surface area contributed by atoms with Gasteiger partial charge in [-0.3, -0.25) is 14.9 Å². The van der Waals surface area contributed by atoms with E-state index in [-0.39, 0.29) is 16.3 Å². The number of oxazole rings is 1. The van der Waals surface area contributed by atoms with Gasteiger partial charge >= 0.3 is 0 Å². The van der Waals surface area contributed by atoms with E-state index >= 15 is 0 Å². The number of carbonyl (C=O) groups is 1. The van der Waals surface area contributed by atoms with Gasteiger partial charge in [-0.25, -0.2) is 4.98 Å².